The van der Waals surface area contributed by atoms with Crippen molar-refractivity contribution in [2.24, 2.45) is 4.99 Å². The quantitative estimate of drug-likeness (QED) is 0.563. The van der Waals surface area contributed by atoms with Crippen LogP contribution < -0.4 is 15.4 Å². The highest BCUT2D eigenvalue weighted by Gasteiger charge is 2.14. The van der Waals surface area contributed by atoms with Gasteiger partial charge in [0.1, 0.15) is 30.0 Å². The highest BCUT2D eigenvalue weighted by molar-refractivity contribution is 5.79. The van der Waals surface area contributed by atoms with Crippen molar-refractivity contribution in [2.45, 2.75) is 58.7 Å². The van der Waals surface area contributed by atoms with Crippen molar-refractivity contribution in [1.82, 2.24) is 25.4 Å². The minimum absolute atomic E-state index is 0.0984. The number of nitrogens with zero attached hydrogens (tertiary/aromatic N) is 4. The van der Waals surface area contributed by atoms with Crippen LogP contribution in [0.5, 0.6) is 5.75 Å². The number of rotatable bonds is 7. The number of ether oxygens (including phenoxy) is 1. The Bertz CT molecular complexity index is 774. The van der Waals surface area contributed by atoms with Gasteiger partial charge in [-0.1, -0.05) is 6.42 Å². The number of aryl methyl sites for hydroxylation is 1. The van der Waals surface area contributed by atoms with Gasteiger partial charge in [0.2, 0.25) is 0 Å². The fraction of sp³-hybridized carbons (Fsp3) is 0.550. The smallest absolute Gasteiger partial charge is 0.191 e. The van der Waals surface area contributed by atoms with Crippen LogP contribution in [0.15, 0.2) is 29.3 Å². The average Bonchev–Trinajstić information content (AvgIpc) is 2.92. The average molecular weight is 388 g/mol. The van der Waals surface area contributed by atoms with E-state index in [2.05, 4.69) is 30.4 Å². The number of aromatic nitrogens is 3. The number of halogens is 1. The number of hydrogen-bond donors (Lipinski definition) is 2. The van der Waals surface area contributed by atoms with E-state index in [1.165, 1.54) is 25.0 Å². The minimum Gasteiger partial charge on any atom is -0.489 e. The van der Waals surface area contributed by atoms with Crippen molar-refractivity contribution >= 4 is 5.96 Å². The third kappa shape index (κ3) is 5.68. The summed E-state index contributed by atoms with van der Waals surface area (Å²) in [6.45, 7) is 6.77. The fourth-order valence-electron chi connectivity index (χ4n) is 3.18. The molecule has 0 bridgehead atoms. The molecule has 0 saturated carbocycles. The normalized spacial score (nSPS) is 15.5. The molecule has 1 aromatic carbocycles. The Hall–Kier alpha value is -2.64. The standard InChI is InChI=1S/C20H29FN6O/c1-3-22-20(23-13-15(2)28-17-10-8-16(21)9-11-17)24-14-19-26-25-18-7-5-4-6-12-27(18)19/h8-11,15H,3-7,12-14H2,1-2H3,(H2,22,23,24). The molecule has 0 amide bonds. The summed E-state index contributed by atoms with van der Waals surface area (Å²) < 4.78 is 21.0. The Morgan fingerprint density at radius 1 is 1.21 bits per heavy atom. The predicted octanol–water partition coefficient (Wildman–Crippen LogP) is 2.67. The molecule has 152 valence electrons. The van der Waals surface area contributed by atoms with Gasteiger partial charge in [0.05, 0.1) is 6.54 Å². The summed E-state index contributed by atoms with van der Waals surface area (Å²) in [6, 6.07) is 6.04. The molecular weight excluding hydrogens is 359 g/mol. The number of nitrogens with one attached hydrogen (secondary N) is 2. The third-order valence-corrected chi connectivity index (χ3v) is 4.62. The van der Waals surface area contributed by atoms with E-state index in [4.69, 9.17) is 4.74 Å². The van der Waals surface area contributed by atoms with Crippen LogP contribution in [0.25, 0.3) is 0 Å². The summed E-state index contributed by atoms with van der Waals surface area (Å²) in [5.74, 6) is 3.06. The van der Waals surface area contributed by atoms with Crippen molar-refractivity contribution in [3.63, 3.8) is 0 Å². The van der Waals surface area contributed by atoms with Gasteiger partial charge in [0, 0.05) is 19.5 Å². The van der Waals surface area contributed by atoms with Crippen molar-refractivity contribution in [1.29, 1.82) is 0 Å². The molecule has 2 aromatic rings. The van der Waals surface area contributed by atoms with Crippen LogP contribution >= 0.6 is 0 Å². The van der Waals surface area contributed by atoms with E-state index in [9.17, 15) is 4.39 Å². The molecule has 7 nitrogen and oxygen atoms in total. The Labute approximate surface area is 165 Å². The van der Waals surface area contributed by atoms with E-state index in [-0.39, 0.29) is 11.9 Å². The van der Waals surface area contributed by atoms with Gasteiger partial charge in [-0.25, -0.2) is 9.38 Å². The lowest BCUT2D eigenvalue weighted by atomic mass is 10.2. The van der Waals surface area contributed by atoms with Gasteiger partial charge in [0.15, 0.2) is 11.8 Å². The molecule has 2 N–H and O–H groups in total. The molecule has 0 aliphatic carbocycles. The maximum atomic E-state index is 13.0. The first-order valence-electron chi connectivity index (χ1n) is 10.0. The lowest BCUT2D eigenvalue weighted by molar-refractivity contribution is 0.223. The molecule has 2 heterocycles. The van der Waals surface area contributed by atoms with Crippen LogP contribution in [0.3, 0.4) is 0 Å². The number of fused-ring (bicyclic) bond motifs is 1. The van der Waals surface area contributed by atoms with Crippen LogP contribution in [0.2, 0.25) is 0 Å². The number of aliphatic imine (C=N–C) groups is 1. The second-order valence-electron chi connectivity index (χ2n) is 6.95. The number of hydrogen-bond acceptors (Lipinski definition) is 4. The summed E-state index contributed by atoms with van der Waals surface area (Å²) >= 11 is 0. The Morgan fingerprint density at radius 2 is 2.04 bits per heavy atom. The Kier molecular flexibility index (Phi) is 7.22. The first-order chi connectivity index (χ1) is 13.7. The first-order valence-corrected chi connectivity index (χ1v) is 10.0. The Balaban J connectivity index is 1.55. The predicted molar refractivity (Wildman–Crippen MR) is 107 cm³/mol. The van der Waals surface area contributed by atoms with Gasteiger partial charge < -0.3 is 19.9 Å². The summed E-state index contributed by atoms with van der Waals surface area (Å²) in [4.78, 5) is 4.65. The number of guanidine groups is 1. The zero-order valence-electron chi connectivity index (χ0n) is 16.6. The lowest BCUT2D eigenvalue weighted by Gasteiger charge is -2.17. The summed E-state index contributed by atoms with van der Waals surface area (Å²) in [7, 11) is 0. The van der Waals surface area contributed by atoms with Gasteiger partial charge in [-0.05, 0) is 51.0 Å². The van der Waals surface area contributed by atoms with Gasteiger partial charge in [0.25, 0.3) is 0 Å². The van der Waals surface area contributed by atoms with E-state index >= 15 is 0 Å². The molecule has 3 rings (SSSR count). The van der Waals surface area contributed by atoms with E-state index in [1.54, 1.807) is 12.1 Å². The van der Waals surface area contributed by atoms with Crippen LogP contribution in [-0.2, 0) is 19.5 Å². The minimum atomic E-state index is -0.272. The van der Waals surface area contributed by atoms with Gasteiger partial charge >= 0.3 is 0 Å². The van der Waals surface area contributed by atoms with Crippen molar-refractivity contribution < 1.29 is 9.13 Å². The van der Waals surface area contributed by atoms with Crippen molar-refractivity contribution in [2.75, 3.05) is 13.1 Å². The van der Waals surface area contributed by atoms with Crippen LogP contribution in [0, 0.1) is 5.82 Å². The molecule has 1 atom stereocenters. The zero-order chi connectivity index (χ0) is 19.8. The summed E-state index contributed by atoms with van der Waals surface area (Å²) in [6.07, 6.45) is 4.48. The lowest BCUT2D eigenvalue weighted by Crippen LogP contribution is -2.41. The van der Waals surface area contributed by atoms with Gasteiger partial charge in [-0.15, -0.1) is 10.2 Å². The molecule has 1 aromatic heterocycles. The Morgan fingerprint density at radius 3 is 2.82 bits per heavy atom. The molecular formula is C20H29FN6O. The second kappa shape index (κ2) is 10.1. The zero-order valence-corrected chi connectivity index (χ0v) is 16.6. The monoisotopic (exact) mass is 388 g/mol. The highest BCUT2D eigenvalue weighted by Crippen LogP contribution is 2.15. The third-order valence-electron chi connectivity index (χ3n) is 4.62. The van der Waals surface area contributed by atoms with E-state index in [0.717, 1.165) is 37.6 Å². The molecule has 1 aliphatic heterocycles. The molecule has 0 radical (unpaired) electrons. The van der Waals surface area contributed by atoms with Gasteiger partial charge in [-0.2, -0.15) is 0 Å². The van der Waals surface area contributed by atoms with Crippen LogP contribution in [0.1, 0.15) is 44.8 Å². The molecule has 8 heteroatoms. The fourth-order valence-corrected chi connectivity index (χ4v) is 3.18. The summed E-state index contributed by atoms with van der Waals surface area (Å²) in [5, 5.41) is 15.2. The maximum absolute atomic E-state index is 13.0. The highest BCUT2D eigenvalue weighted by atomic mass is 19.1. The van der Waals surface area contributed by atoms with Crippen molar-refractivity contribution in [3.05, 3.63) is 41.7 Å². The molecule has 28 heavy (non-hydrogen) atoms. The molecule has 0 spiro atoms. The number of benzene rings is 1. The second-order valence-corrected chi connectivity index (χ2v) is 6.95. The molecule has 0 saturated heterocycles. The molecule has 0 fully saturated rings. The maximum Gasteiger partial charge on any atom is 0.191 e. The van der Waals surface area contributed by atoms with E-state index in [1.807, 2.05) is 13.8 Å². The van der Waals surface area contributed by atoms with E-state index in [0.29, 0.717) is 24.8 Å². The van der Waals surface area contributed by atoms with Crippen LogP contribution in [-0.4, -0.2) is 39.9 Å². The van der Waals surface area contributed by atoms with Gasteiger partial charge in [-0.3, -0.25) is 0 Å². The molecule has 1 aliphatic rings. The largest absolute Gasteiger partial charge is 0.489 e. The molecule has 1 unspecified atom stereocenters. The van der Waals surface area contributed by atoms with E-state index < -0.39 is 0 Å². The SMILES string of the molecule is CCNC(=NCc1nnc2n1CCCCC2)NCC(C)Oc1ccc(F)cc1. The van der Waals surface area contributed by atoms with Crippen LogP contribution in [0.4, 0.5) is 4.39 Å². The topological polar surface area (TPSA) is 76.4 Å². The van der Waals surface area contributed by atoms with Crippen molar-refractivity contribution in [3.8, 4) is 5.75 Å². The summed E-state index contributed by atoms with van der Waals surface area (Å²) in [5.41, 5.74) is 0. The first kappa shape index (κ1) is 20.1.